The summed E-state index contributed by atoms with van der Waals surface area (Å²) in [5.41, 5.74) is 0. The van der Waals surface area contributed by atoms with Gasteiger partial charge in [-0.25, -0.2) is 0 Å². The van der Waals surface area contributed by atoms with Crippen LogP contribution in [0.2, 0.25) is 0 Å². The molecular formula is C8H17O4U-. The Hall–Kier alpha value is 0.892. The van der Waals surface area contributed by atoms with E-state index in [4.69, 9.17) is 20.1 Å². The van der Waals surface area contributed by atoms with Gasteiger partial charge in [0.05, 0.1) is 12.7 Å². The predicted molar refractivity (Wildman–Crippen MR) is 44.5 cm³/mol. The zero-order chi connectivity index (χ0) is 9.56. The second kappa shape index (κ2) is 9.45. The van der Waals surface area contributed by atoms with E-state index in [9.17, 15) is 0 Å². The van der Waals surface area contributed by atoms with Crippen molar-refractivity contribution in [3.8, 4) is 0 Å². The van der Waals surface area contributed by atoms with Crippen molar-refractivity contribution in [2.45, 2.75) is 32.2 Å². The smallest absolute Gasteiger partial charge is 0.0752 e. The quantitative estimate of drug-likeness (QED) is 0.497. The monoisotopic (exact) mass is 415 g/mol. The first kappa shape index (κ1) is 16.3. The van der Waals surface area contributed by atoms with E-state index in [1.54, 1.807) is 0 Å². The van der Waals surface area contributed by atoms with Crippen LogP contribution in [0, 0.1) is 37.5 Å². The van der Waals surface area contributed by atoms with E-state index >= 15 is 0 Å². The molecule has 3 unspecified atom stereocenters. The topological polar surface area (TPSA) is 69.9 Å². The summed E-state index contributed by atoms with van der Waals surface area (Å²) in [6.45, 7) is 3.94. The van der Waals surface area contributed by atoms with Crippen molar-refractivity contribution < 1.29 is 51.2 Å². The molecule has 0 bridgehead atoms. The fraction of sp³-hybridized carbons (Fsp3) is 0.875. The summed E-state index contributed by atoms with van der Waals surface area (Å²) in [6.07, 6.45) is -0.763. The maximum Gasteiger partial charge on any atom is 0.0752 e. The molecule has 0 aromatic heterocycles. The molecule has 3 N–H and O–H groups in total. The van der Waals surface area contributed by atoms with Crippen LogP contribution in [0.25, 0.3) is 0 Å². The molecule has 0 amide bonds. The number of ether oxygens (including phenoxy) is 1. The molecule has 1 aliphatic rings. The second-order valence-electron chi connectivity index (χ2n) is 2.30. The van der Waals surface area contributed by atoms with Crippen molar-refractivity contribution >= 4 is 0 Å². The molecule has 13 heavy (non-hydrogen) atoms. The van der Waals surface area contributed by atoms with Crippen LogP contribution in [-0.4, -0.2) is 46.8 Å². The Bertz CT molecular complexity index is 112. The van der Waals surface area contributed by atoms with E-state index in [-0.39, 0.29) is 44.3 Å². The molecule has 0 radical (unpaired) electrons. The van der Waals surface area contributed by atoms with Gasteiger partial charge in [0, 0.05) is 37.7 Å². The Morgan fingerprint density at radius 2 is 1.92 bits per heavy atom. The third-order valence-electron chi connectivity index (χ3n) is 1.47. The molecule has 0 saturated carbocycles. The second-order valence-corrected chi connectivity index (χ2v) is 2.30. The van der Waals surface area contributed by atoms with Gasteiger partial charge in [-0.1, -0.05) is 13.8 Å². The van der Waals surface area contributed by atoms with Gasteiger partial charge in [-0.05, 0) is 12.2 Å². The van der Waals surface area contributed by atoms with Crippen LogP contribution in [-0.2, 0) is 4.74 Å². The molecule has 1 fully saturated rings. The van der Waals surface area contributed by atoms with Gasteiger partial charge in [0.15, 0.2) is 0 Å². The SMILES string of the molecule is CC.OCC1[CH-]C(O)C(O)CO1.[U]. The van der Waals surface area contributed by atoms with Crippen molar-refractivity contribution in [2.24, 2.45) is 0 Å². The zero-order valence-electron chi connectivity index (χ0n) is 7.97. The van der Waals surface area contributed by atoms with Gasteiger partial charge in [-0.2, -0.15) is 0 Å². The van der Waals surface area contributed by atoms with Crippen LogP contribution >= 0.6 is 0 Å². The molecule has 0 aromatic rings. The first-order valence-corrected chi connectivity index (χ1v) is 4.17. The van der Waals surface area contributed by atoms with E-state index in [1.165, 1.54) is 6.42 Å². The Morgan fingerprint density at radius 3 is 2.31 bits per heavy atom. The van der Waals surface area contributed by atoms with Crippen molar-refractivity contribution in [1.82, 2.24) is 0 Å². The summed E-state index contributed by atoms with van der Waals surface area (Å²) in [6, 6.07) is 0. The summed E-state index contributed by atoms with van der Waals surface area (Å²) in [5.74, 6) is 0. The van der Waals surface area contributed by atoms with Gasteiger partial charge >= 0.3 is 0 Å². The van der Waals surface area contributed by atoms with Gasteiger partial charge < -0.3 is 20.1 Å². The first-order valence-electron chi connectivity index (χ1n) is 4.17. The Kier molecular flexibility index (Phi) is 11.9. The van der Waals surface area contributed by atoms with Gasteiger partial charge in [-0.15, -0.1) is 0 Å². The van der Waals surface area contributed by atoms with Crippen LogP contribution in [0.4, 0.5) is 0 Å². The number of aliphatic hydroxyl groups excluding tert-OH is 3. The third kappa shape index (κ3) is 6.06. The maximum atomic E-state index is 8.98. The van der Waals surface area contributed by atoms with E-state index in [2.05, 4.69) is 0 Å². The summed E-state index contributed by atoms with van der Waals surface area (Å²) in [4.78, 5) is 0. The fourth-order valence-electron chi connectivity index (χ4n) is 0.838. The van der Waals surface area contributed by atoms with E-state index in [0.29, 0.717) is 0 Å². The normalized spacial score (nSPS) is 32.5. The van der Waals surface area contributed by atoms with Crippen molar-refractivity contribution in [3.63, 3.8) is 0 Å². The van der Waals surface area contributed by atoms with Gasteiger partial charge in [-0.3, -0.25) is 6.42 Å². The molecule has 0 aliphatic carbocycles. The van der Waals surface area contributed by atoms with E-state index < -0.39 is 18.3 Å². The molecule has 0 spiro atoms. The molecule has 5 heteroatoms. The van der Waals surface area contributed by atoms with Crippen LogP contribution in [0.5, 0.6) is 0 Å². The van der Waals surface area contributed by atoms with Crippen LogP contribution < -0.4 is 0 Å². The first-order chi connectivity index (χ1) is 5.74. The molecule has 3 atom stereocenters. The fourth-order valence-corrected chi connectivity index (χ4v) is 0.838. The number of rotatable bonds is 1. The Labute approximate surface area is 103 Å². The van der Waals surface area contributed by atoms with E-state index in [1.807, 2.05) is 13.8 Å². The summed E-state index contributed by atoms with van der Waals surface area (Å²) < 4.78 is 4.89. The van der Waals surface area contributed by atoms with Crippen LogP contribution in [0.1, 0.15) is 13.8 Å². The number of hydrogen-bond acceptors (Lipinski definition) is 4. The van der Waals surface area contributed by atoms with Gasteiger partial charge in [0.1, 0.15) is 0 Å². The van der Waals surface area contributed by atoms with Crippen LogP contribution in [0.15, 0.2) is 0 Å². The molecule has 0 aromatic carbocycles. The molecule has 1 aliphatic heterocycles. The van der Waals surface area contributed by atoms with Crippen molar-refractivity contribution in [3.05, 3.63) is 6.42 Å². The van der Waals surface area contributed by atoms with Crippen LogP contribution in [0.3, 0.4) is 0 Å². The Balaban J connectivity index is 0. The largest absolute Gasteiger partial charge is 0.422 e. The number of aliphatic hydroxyl groups is 3. The van der Waals surface area contributed by atoms with Gasteiger partial charge in [0.2, 0.25) is 0 Å². The molecule has 1 heterocycles. The zero-order valence-corrected chi connectivity index (χ0v) is 12.1. The Morgan fingerprint density at radius 1 is 1.38 bits per heavy atom. The molecule has 4 nitrogen and oxygen atoms in total. The number of hydrogen-bond donors (Lipinski definition) is 3. The minimum absolute atomic E-state index is 0. The molecule has 1 rings (SSSR count). The predicted octanol–water partition coefficient (Wildman–Crippen LogP) is -0.670. The molecule has 78 valence electrons. The minimum Gasteiger partial charge on any atom is -0.422 e. The summed E-state index contributed by atoms with van der Waals surface area (Å²) in [7, 11) is 0. The summed E-state index contributed by atoms with van der Waals surface area (Å²) >= 11 is 0. The summed E-state index contributed by atoms with van der Waals surface area (Å²) in [5, 5.41) is 26.4. The van der Waals surface area contributed by atoms with Gasteiger partial charge in [0.25, 0.3) is 0 Å². The molecule has 1 saturated heterocycles. The average Bonchev–Trinajstić information content (AvgIpc) is 2.13. The standard InChI is InChI=1S/C6H11O4.C2H6.U/c7-2-4-1-5(8)6(9)3-10-4;1-2;/h1,4-9H,2-3H2;1-2H3;/q-1;;. The minimum atomic E-state index is -0.870. The van der Waals surface area contributed by atoms with Crippen molar-refractivity contribution in [1.29, 1.82) is 0 Å². The third-order valence-corrected chi connectivity index (χ3v) is 1.47. The van der Waals surface area contributed by atoms with E-state index in [0.717, 1.165) is 0 Å². The van der Waals surface area contributed by atoms with Crippen molar-refractivity contribution in [2.75, 3.05) is 13.2 Å². The average molecular weight is 415 g/mol. The maximum absolute atomic E-state index is 8.98. The molecular weight excluding hydrogens is 398 g/mol.